The van der Waals surface area contributed by atoms with E-state index in [1.165, 1.54) is 6.39 Å². The topological polar surface area (TPSA) is 90.1 Å². The van der Waals surface area contributed by atoms with Crippen molar-refractivity contribution in [2.45, 2.75) is 45.3 Å². The molecule has 0 bridgehead atoms. The third-order valence-electron chi connectivity index (χ3n) is 4.06. The minimum atomic E-state index is -0.405. The van der Waals surface area contributed by atoms with Gasteiger partial charge in [0, 0.05) is 31.1 Å². The summed E-state index contributed by atoms with van der Waals surface area (Å²) in [4.78, 5) is 24.7. The molecule has 1 N–H and O–H groups in total. The summed E-state index contributed by atoms with van der Waals surface area (Å²) in [7, 11) is 0. The molecule has 122 valence electrons. The van der Waals surface area contributed by atoms with Crippen LogP contribution >= 0.6 is 0 Å². The Morgan fingerprint density at radius 3 is 2.70 bits per heavy atom. The average Bonchev–Trinajstić information content (AvgIpc) is 3.00. The Labute approximate surface area is 134 Å². The predicted molar refractivity (Wildman–Crippen MR) is 81.6 cm³/mol. The van der Waals surface area contributed by atoms with E-state index in [2.05, 4.69) is 20.3 Å². The van der Waals surface area contributed by atoms with E-state index in [1.807, 2.05) is 6.92 Å². The highest BCUT2D eigenvalue weighted by atomic mass is 16.5. The van der Waals surface area contributed by atoms with Crippen LogP contribution in [-0.4, -0.2) is 27.5 Å². The molecule has 7 heteroatoms. The Morgan fingerprint density at radius 2 is 2.09 bits per heavy atom. The molecule has 0 aliphatic carbocycles. The van der Waals surface area contributed by atoms with Crippen LogP contribution in [0.15, 0.2) is 23.2 Å². The standard InChI is InChI=1S/C16H20N4O3/c1-11-13(20-10-22-11)14(21)17-7-12-8-18-15(19-9-12)16(2)5-3-4-6-23-16/h8-10H,3-7H2,1-2H3,(H,17,21). The van der Waals surface area contributed by atoms with Crippen molar-refractivity contribution < 1.29 is 13.9 Å². The predicted octanol–water partition coefficient (Wildman–Crippen LogP) is 2.12. The number of carbonyl (C=O) groups is 1. The lowest BCUT2D eigenvalue weighted by atomic mass is 9.95. The Balaban J connectivity index is 1.61. The number of ether oxygens (including phenoxy) is 1. The van der Waals surface area contributed by atoms with Gasteiger partial charge in [-0.05, 0) is 33.1 Å². The van der Waals surface area contributed by atoms with Crippen LogP contribution in [0.1, 0.15) is 53.8 Å². The Morgan fingerprint density at radius 1 is 1.30 bits per heavy atom. The molecule has 1 aliphatic heterocycles. The van der Waals surface area contributed by atoms with Gasteiger partial charge in [-0.3, -0.25) is 4.79 Å². The third-order valence-corrected chi connectivity index (χ3v) is 4.06. The van der Waals surface area contributed by atoms with Crippen LogP contribution in [0.25, 0.3) is 0 Å². The number of oxazole rings is 1. The van der Waals surface area contributed by atoms with Crippen LogP contribution in [0, 0.1) is 6.92 Å². The van der Waals surface area contributed by atoms with Crippen molar-refractivity contribution in [2.24, 2.45) is 0 Å². The molecule has 0 spiro atoms. The van der Waals surface area contributed by atoms with Crippen LogP contribution in [-0.2, 0) is 16.9 Å². The first-order chi connectivity index (χ1) is 11.1. The number of amides is 1. The summed E-state index contributed by atoms with van der Waals surface area (Å²) in [5.41, 5.74) is 0.714. The molecular formula is C16H20N4O3. The summed E-state index contributed by atoms with van der Waals surface area (Å²) in [5.74, 6) is 0.916. The van der Waals surface area contributed by atoms with Gasteiger partial charge >= 0.3 is 0 Å². The van der Waals surface area contributed by atoms with Gasteiger partial charge < -0.3 is 14.5 Å². The smallest absolute Gasteiger partial charge is 0.273 e. The van der Waals surface area contributed by atoms with Gasteiger partial charge in [0.05, 0.1) is 0 Å². The number of aryl methyl sites for hydroxylation is 1. The molecule has 2 aromatic rings. The Bertz CT molecular complexity index is 675. The molecule has 1 saturated heterocycles. The monoisotopic (exact) mass is 316 g/mol. The second kappa shape index (κ2) is 6.45. The molecule has 1 atom stereocenters. The molecule has 3 rings (SSSR count). The number of nitrogens with zero attached hydrogens (tertiary/aromatic N) is 3. The number of carbonyl (C=O) groups excluding carboxylic acids is 1. The van der Waals surface area contributed by atoms with Crippen LogP contribution < -0.4 is 5.32 Å². The SMILES string of the molecule is Cc1ocnc1C(=O)NCc1cnc(C2(C)CCCCO2)nc1. The molecule has 1 fully saturated rings. The number of hydrogen-bond donors (Lipinski definition) is 1. The lowest BCUT2D eigenvalue weighted by Crippen LogP contribution is -2.32. The van der Waals surface area contributed by atoms with E-state index < -0.39 is 5.60 Å². The maximum atomic E-state index is 12.0. The number of nitrogens with one attached hydrogen (secondary N) is 1. The van der Waals surface area contributed by atoms with E-state index in [9.17, 15) is 4.79 Å². The second-order valence-corrected chi connectivity index (χ2v) is 5.89. The largest absolute Gasteiger partial charge is 0.448 e. The third kappa shape index (κ3) is 3.39. The quantitative estimate of drug-likeness (QED) is 0.929. The average molecular weight is 316 g/mol. The maximum Gasteiger partial charge on any atom is 0.273 e. The molecule has 0 aromatic carbocycles. The van der Waals surface area contributed by atoms with E-state index in [0.717, 1.165) is 31.4 Å². The summed E-state index contributed by atoms with van der Waals surface area (Å²) >= 11 is 0. The zero-order valence-electron chi connectivity index (χ0n) is 13.3. The molecule has 0 saturated carbocycles. The molecule has 23 heavy (non-hydrogen) atoms. The molecule has 3 heterocycles. The minimum absolute atomic E-state index is 0.275. The lowest BCUT2D eigenvalue weighted by molar-refractivity contribution is -0.0760. The maximum absolute atomic E-state index is 12.0. The molecule has 7 nitrogen and oxygen atoms in total. The molecule has 1 amide bonds. The van der Waals surface area contributed by atoms with Crippen LogP contribution in [0.2, 0.25) is 0 Å². The van der Waals surface area contributed by atoms with Crippen molar-refractivity contribution >= 4 is 5.91 Å². The highest BCUT2D eigenvalue weighted by Crippen LogP contribution is 2.32. The summed E-state index contributed by atoms with van der Waals surface area (Å²) < 4.78 is 10.9. The van der Waals surface area contributed by atoms with Gasteiger partial charge in [0.1, 0.15) is 11.4 Å². The highest BCUT2D eigenvalue weighted by molar-refractivity contribution is 5.92. The van der Waals surface area contributed by atoms with Crippen molar-refractivity contribution in [3.05, 3.63) is 41.6 Å². The molecular weight excluding hydrogens is 296 g/mol. The van der Waals surface area contributed by atoms with Gasteiger partial charge in [-0.1, -0.05) is 0 Å². The fourth-order valence-corrected chi connectivity index (χ4v) is 2.62. The first-order valence-corrected chi connectivity index (χ1v) is 7.72. The van der Waals surface area contributed by atoms with Gasteiger partial charge in [-0.15, -0.1) is 0 Å². The Kier molecular flexibility index (Phi) is 4.38. The summed E-state index contributed by atoms with van der Waals surface area (Å²) in [5, 5.41) is 2.78. The van der Waals surface area contributed by atoms with Gasteiger partial charge in [0.2, 0.25) is 0 Å². The first kappa shape index (κ1) is 15.6. The number of rotatable bonds is 4. The van der Waals surface area contributed by atoms with Crippen molar-refractivity contribution in [3.63, 3.8) is 0 Å². The van der Waals surface area contributed by atoms with Gasteiger partial charge in [-0.2, -0.15) is 0 Å². The zero-order valence-corrected chi connectivity index (χ0v) is 13.3. The van der Waals surface area contributed by atoms with Crippen molar-refractivity contribution in [2.75, 3.05) is 6.61 Å². The Hall–Kier alpha value is -2.28. The number of hydrogen-bond acceptors (Lipinski definition) is 6. The fourth-order valence-electron chi connectivity index (χ4n) is 2.62. The van der Waals surface area contributed by atoms with E-state index in [-0.39, 0.29) is 5.91 Å². The van der Waals surface area contributed by atoms with Crippen molar-refractivity contribution in [1.82, 2.24) is 20.3 Å². The molecule has 1 aliphatic rings. The van der Waals surface area contributed by atoms with Crippen molar-refractivity contribution in [3.8, 4) is 0 Å². The van der Waals surface area contributed by atoms with Crippen LogP contribution in [0.3, 0.4) is 0 Å². The van der Waals surface area contributed by atoms with Crippen LogP contribution in [0.5, 0.6) is 0 Å². The highest BCUT2D eigenvalue weighted by Gasteiger charge is 2.32. The normalized spacial score (nSPS) is 21.1. The van der Waals surface area contributed by atoms with E-state index in [4.69, 9.17) is 9.15 Å². The van der Waals surface area contributed by atoms with E-state index in [0.29, 0.717) is 23.8 Å². The molecule has 2 aromatic heterocycles. The molecule has 0 radical (unpaired) electrons. The summed E-state index contributed by atoms with van der Waals surface area (Å²) in [6, 6.07) is 0. The van der Waals surface area contributed by atoms with E-state index in [1.54, 1.807) is 19.3 Å². The van der Waals surface area contributed by atoms with E-state index >= 15 is 0 Å². The summed E-state index contributed by atoms with van der Waals surface area (Å²) in [6.45, 7) is 4.80. The fraction of sp³-hybridized carbons (Fsp3) is 0.500. The van der Waals surface area contributed by atoms with Crippen molar-refractivity contribution in [1.29, 1.82) is 0 Å². The van der Waals surface area contributed by atoms with Gasteiger partial charge in [0.25, 0.3) is 5.91 Å². The molecule has 1 unspecified atom stereocenters. The zero-order chi connectivity index (χ0) is 16.3. The van der Waals surface area contributed by atoms with Gasteiger partial charge in [-0.25, -0.2) is 15.0 Å². The lowest BCUT2D eigenvalue weighted by Gasteiger charge is -2.32. The summed E-state index contributed by atoms with van der Waals surface area (Å²) in [6.07, 6.45) is 7.83. The number of aromatic nitrogens is 3. The second-order valence-electron chi connectivity index (χ2n) is 5.89. The van der Waals surface area contributed by atoms with Crippen LogP contribution in [0.4, 0.5) is 0 Å². The first-order valence-electron chi connectivity index (χ1n) is 7.72. The van der Waals surface area contributed by atoms with Gasteiger partial charge in [0.15, 0.2) is 17.9 Å². The minimum Gasteiger partial charge on any atom is -0.448 e.